The highest BCUT2D eigenvalue weighted by Crippen LogP contribution is 2.26. The Balaban J connectivity index is 2.06. The average Bonchev–Trinajstić information content (AvgIpc) is 3.13. The van der Waals surface area contributed by atoms with Crippen molar-refractivity contribution in [2.75, 3.05) is 0 Å². The summed E-state index contributed by atoms with van der Waals surface area (Å²) in [5, 5.41) is 13.6. The number of halogens is 1. The van der Waals surface area contributed by atoms with Crippen LogP contribution in [0.15, 0.2) is 18.2 Å². The molecule has 0 saturated heterocycles. The Kier molecular flexibility index (Phi) is 4.49. The molecule has 3 nitrogen and oxygen atoms in total. The molecule has 1 aromatic rings. The minimum atomic E-state index is -0.495. The van der Waals surface area contributed by atoms with Crippen molar-refractivity contribution in [3.63, 3.8) is 0 Å². The minimum Gasteiger partial charge on any atom is -0.488 e. The topological polar surface area (TPSA) is 41.5 Å². The summed E-state index contributed by atoms with van der Waals surface area (Å²) in [4.78, 5) is 0. The first-order valence-corrected chi connectivity index (χ1v) is 6.80. The van der Waals surface area contributed by atoms with Gasteiger partial charge in [-0.2, -0.15) is 0 Å². The summed E-state index contributed by atoms with van der Waals surface area (Å²) in [5.41, 5.74) is 1.04. The van der Waals surface area contributed by atoms with E-state index < -0.39 is 6.10 Å². The van der Waals surface area contributed by atoms with Crippen LogP contribution < -0.4 is 10.1 Å². The van der Waals surface area contributed by atoms with Crippen molar-refractivity contribution in [1.29, 1.82) is 0 Å². The predicted octanol–water partition coefficient (Wildman–Crippen LogP) is 2.74. The molecule has 2 atom stereocenters. The first-order valence-electron chi connectivity index (χ1n) is 6.43. The number of hydrogen-bond donors (Lipinski definition) is 2. The van der Waals surface area contributed by atoms with Gasteiger partial charge in [0.1, 0.15) is 11.9 Å². The van der Waals surface area contributed by atoms with Crippen LogP contribution >= 0.6 is 11.6 Å². The van der Waals surface area contributed by atoms with E-state index in [0.29, 0.717) is 11.1 Å². The summed E-state index contributed by atoms with van der Waals surface area (Å²) >= 11 is 6.01. The molecule has 1 saturated carbocycles. The fourth-order valence-corrected chi connectivity index (χ4v) is 1.84. The van der Waals surface area contributed by atoms with Gasteiger partial charge >= 0.3 is 0 Å². The van der Waals surface area contributed by atoms with Crippen LogP contribution in [-0.4, -0.2) is 23.4 Å². The molecule has 100 valence electrons. The van der Waals surface area contributed by atoms with Crippen LogP contribution in [0.4, 0.5) is 0 Å². The smallest absolute Gasteiger partial charge is 0.124 e. The van der Waals surface area contributed by atoms with Crippen molar-refractivity contribution in [3.05, 3.63) is 28.8 Å². The molecule has 1 aromatic carbocycles. The van der Waals surface area contributed by atoms with E-state index in [1.54, 1.807) is 6.92 Å². The number of nitrogens with one attached hydrogen (secondary N) is 1. The molecule has 0 radical (unpaired) electrons. The van der Waals surface area contributed by atoms with E-state index in [0.717, 1.165) is 17.9 Å². The number of rotatable bonds is 6. The highest BCUT2D eigenvalue weighted by Gasteiger charge is 2.21. The molecule has 0 bridgehead atoms. The van der Waals surface area contributed by atoms with E-state index in [4.69, 9.17) is 16.3 Å². The van der Waals surface area contributed by atoms with Gasteiger partial charge in [-0.3, -0.25) is 0 Å². The maximum atomic E-state index is 9.49. The monoisotopic (exact) mass is 269 g/mol. The van der Waals surface area contributed by atoms with Crippen molar-refractivity contribution in [1.82, 2.24) is 5.32 Å². The molecule has 18 heavy (non-hydrogen) atoms. The second-order valence-electron chi connectivity index (χ2n) is 4.97. The van der Waals surface area contributed by atoms with Crippen LogP contribution in [0.5, 0.6) is 5.75 Å². The van der Waals surface area contributed by atoms with Gasteiger partial charge in [-0.15, -0.1) is 0 Å². The third kappa shape index (κ3) is 3.87. The molecule has 0 amide bonds. The predicted molar refractivity (Wildman–Crippen MR) is 73.1 cm³/mol. The second kappa shape index (κ2) is 5.91. The first-order chi connectivity index (χ1) is 8.56. The Labute approximate surface area is 113 Å². The van der Waals surface area contributed by atoms with E-state index in [-0.39, 0.29) is 6.10 Å². The summed E-state index contributed by atoms with van der Waals surface area (Å²) in [5.74, 6) is 0.793. The van der Waals surface area contributed by atoms with Gasteiger partial charge in [0.15, 0.2) is 0 Å². The Morgan fingerprint density at radius 2 is 2.17 bits per heavy atom. The Morgan fingerprint density at radius 1 is 1.44 bits per heavy atom. The fraction of sp³-hybridized carbons (Fsp3) is 0.571. The lowest BCUT2D eigenvalue weighted by molar-refractivity contribution is 0.0597. The molecule has 0 heterocycles. The van der Waals surface area contributed by atoms with Crippen LogP contribution in [0.2, 0.25) is 5.02 Å². The van der Waals surface area contributed by atoms with E-state index >= 15 is 0 Å². The third-order valence-corrected chi connectivity index (χ3v) is 3.41. The van der Waals surface area contributed by atoms with Gasteiger partial charge in [0.2, 0.25) is 0 Å². The maximum Gasteiger partial charge on any atom is 0.124 e. The zero-order chi connectivity index (χ0) is 13.1. The Hall–Kier alpha value is -0.770. The summed E-state index contributed by atoms with van der Waals surface area (Å²) < 4.78 is 5.77. The molecule has 1 fully saturated rings. The second-order valence-corrected chi connectivity index (χ2v) is 5.41. The number of ether oxygens (including phenoxy) is 1. The van der Waals surface area contributed by atoms with Crippen LogP contribution in [0, 0.1) is 0 Å². The van der Waals surface area contributed by atoms with Crippen LogP contribution in [0.1, 0.15) is 32.3 Å². The van der Waals surface area contributed by atoms with E-state index in [1.807, 2.05) is 25.1 Å². The van der Waals surface area contributed by atoms with Crippen molar-refractivity contribution >= 4 is 11.6 Å². The van der Waals surface area contributed by atoms with Gasteiger partial charge in [-0.1, -0.05) is 11.6 Å². The number of hydrogen-bond acceptors (Lipinski definition) is 3. The Morgan fingerprint density at radius 3 is 2.78 bits per heavy atom. The van der Waals surface area contributed by atoms with Gasteiger partial charge < -0.3 is 15.2 Å². The van der Waals surface area contributed by atoms with E-state index in [9.17, 15) is 5.11 Å². The molecule has 0 spiro atoms. The summed E-state index contributed by atoms with van der Waals surface area (Å²) in [6, 6.07) is 6.24. The van der Waals surface area contributed by atoms with Crippen molar-refractivity contribution < 1.29 is 9.84 Å². The van der Waals surface area contributed by atoms with Gasteiger partial charge in [0, 0.05) is 23.2 Å². The van der Waals surface area contributed by atoms with Gasteiger partial charge in [0.05, 0.1) is 6.10 Å². The standard InChI is InChI=1S/C14H20ClNO2/c1-9(17)10(2)18-14-6-3-12(15)7-11(14)8-16-13-4-5-13/h3,6-7,9-10,13,16-17H,4-5,8H2,1-2H3. The number of aliphatic hydroxyl groups excluding tert-OH is 1. The van der Waals surface area contributed by atoms with Gasteiger partial charge in [-0.05, 0) is 44.9 Å². The third-order valence-electron chi connectivity index (χ3n) is 3.17. The molecular formula is C14H20ClNO2. The number of benzene rings is 1. The van der Waals surface area contributed by atoms with E-state index in [1.165, 1.54) is 12.8 Å². The summed E-state index contributed by atoms with van der Waals surface area (Å²) in [6.07, 6.45) is 1.78. The van der Waals surface area contributed by atoms with Crippen LogP contribution in [-0.2, 0) is 6.54 Å². The average molecular weight is 270 g/mol. The molecular weight excluding hydrogens is 250 g/mol. The molecule has 2 N–H and O–H groups in total. The molecule has 1 aliphatic carbocycles. The minimum absolute atomic E-state index is 0.231. The highest BCUT2D eigenvalue weighted by molar-refractivity contribution is 6.30. The molecule has 1 aliphatic rings. The van der Waals surface area contributed by atoms with E-state index in [2.05, 4.69) is 5.32 Å². The van der Waals surface area contributed by atoms with Crippen LogP contribution in [0.3, 0.4) is 0 Å². The Bertz CT molecular complexity index is 405. The highest BCUT2D eigenvalue weighted by atomic mass is 35.5. The lowest BCUT2D eigenvalue weighted by Gasteiger charge is -2.20. The van der Waals surface area contributed by atoms with Crippen LogP contribution in [0.25, 0.3) is 0 Å². The molecule has 2 rings (SSSR count). The van der Waals surface area contributed by atoms with Crippen molar-refractivity contribution in [3.8, 4) is 5.75 Å². The molecule has 0 aliphatic heterocycles. The largest absolute Gasteiger partial charge is 0.488 e. The lowest BCUT2D eigenvalue weighted by Crippen LogP contribution is -2.26. The fourth-order valence-electron chi connectivity index (χ4n) is 1.64. The lowest BCUT2D eigenvalue weighted by atomic mass is 10.2. The number of aliphatic hydroxyl groups is 1. The zero-order valence-corrected chi connectivity index (χ0v) is 11.6. The van der Waals surface area contributed by atoms with Crippen molar-refractivity contribution in [2.45, 2.75) is 51.5 Å². The normalized spacial score (nSPS) is 18.4. The first kappa shape index (κ1) is 13.7. The molecule has 4 heteroatoms. The van der Waals surface area contributed by atoms with Gasteiger partial charge in [0.25, 0.3) is 0 Å². The maximum absolute atomic E-state index is 9.49. The zero-order valence-electron chi connectivity index (χ0n) is 10.8. The SMILES string of the molecule is CC(O)C(C)Oc1ccc(Cl)cc1CNC1CC1. The summed E-state index contributed by atoms with van der Waals surface area (Å²) in [6.45, 7) is 4.34. The quantitative estimate of drug-likeness (QED) is 0.834. The summed E-state index contributed by atoms with van der Waals surface area (Å²) in [7, 11) is 0. The van der Waals surface area contributed by atoms with Crippen molar-refractivity contribution in [2.24, 2.45) is 0 Å². The van der Waals surface area contributed by atoms with Gasteiger partial charge in [-0.25, -0.2) is 0 Å². The molecule has 0 aromatic heterocycles. The molecule has 2 unspecified atom stereocenters.